The third-order valence-electron chi connectivity index (χ3n) is 3.51. The number of carbonyl (C=O) groups is 2. The largest absolute Gasteiger partial charge is 0.480 e. The van der Waals surface area contributed by atoms with Gasteiger partial charge in [0.25, 0.3) is 0 Å². The van der Waals surface area contributed by atoms with Crippen LogP contribution in [0.15, 0.2) is 24.8 Å². The van der Waals surface area contributed by atoms with Gasteiger partial charge in [-0.05, 0) is 26.2 Å². The van der Waals surface area contributed by atoms with E-state index >= 15 is 0 Å². The number of ether oxygens (including phenoxy) is 1. The van der Waals surface area contributed by atoms with Gasteiger partial charge in [0, 0.05) is 7.11 Å². The summed E-state index contributed by atoms with van der Waals surface area (Å²) < 4.78 is 5.14. The van der Waals surface area contributed by atoms with E-state index < -0.39 is 23.0 Å². The molecule has 0 amide bonds. The Labute approximate surface area is 119 Å². The Morgan fingerprint density at radius 1 is 1.40 bits per heavy atom. The first-order valence-electron chi connectivity index (χ1n) is 6.65. The number of carboxylic acids is 2. The summed E-state index contributed by atoms with van der Waals surface area (Å²) in [4.78, 5) is 23.0. The van der Waals surface area contributed by atoms with Crippen molar-refractivity contribution in [1.29, 1.82) is 0 Å². The first-order valence-corrected chi connectivity index (χ1v) is 6.65. The molecule has 0 saturated heterocycles. The predicted octanol–water partition coefficient (Wildman–Crippen LogP) is 2.87. The van der Waals surface area contributed by atoms with Crippen LogP contribution in [0.5, 0.6) is 0 Å². The fourth-order valence-electron chi connectivity index (χ4n) is 2.63. The summed E-state index contributed by atoms with van der Waals surface area (Å²) in [5.41, 5.74) is -3.13. The van der Waals surface area contributed by atoms with Crippen LogP contribution in [-0.2, 0) is 14.3 Å². The summed E-state index contributed by atoms with van der Waals surface area (Å²) in [5.74, 6) is -2.35. The van der Waals surface area contributed by atoms with E-state index in [4.69, 9.17) is 4.74 Å². The highest BCUT2D eigenvalue weighted by atomic mass is 16.5. The predicted molar refractivity (Wildman–Crippen MR) is 76.6 cm³/mol. The molecule has 0 heterocycles. The van der Waals surface area contributed by atoms with E-state index in [1.165, 1.54) is 13.2 Å². The Morgan fingerprint density at radius 2 is 1.95 bits per heavy atom. The third kappa shape index (κ3) is 3.10. The zero-order valence-corrected chi connectivity index (χ0v) is 12.4. The maximum absolute atomic E-state index is 11.6. The summed E-state index contributed by atoms with van der Waals surface area (Å²) in [6.45, 7) is 7.08. The van der Waals surface area contributed by atoms with E-state index in [1.807, 2.05) is 13.8 Å². The Bertz CT molecular complexity index is 388. The minimum Gasteiger partial charge on any atom is -0.480 e. The van der Waals surface area contributed by atoms with Gasteiger partial charge < -0.3 is 14.9 Å². The molecule has 0 aromatic heterocycles. The standard InChI is InChI=1S/C12H18O5.C3H6/c1-3-6-11(9(13)14)7-4-5-8-12(11,17-2)10(15)16;1-3-2/h4,7H,3,5-6,8H2,1-2H3,(H,13,14)(H,15,16);3H,1H2,2H3. The van der Waals surface area contributed by atoms with Gasteiger partial charge in [-0.15, -0.1) is 6.58 Å². The van der Waals surface area contributed by atoms with Crippen LogP contribution in [0.3, 0.4) is 0 Å². The summed E-state index contributed by atoms with van der Waals surface area (Å²) >= 11 is 0. The molecule has 1 aliphatic carbocycles. The Kier molecular flexibility index (Phi) is 7.21. The SMILES string of the molecule is C=CC.CCCC1(C(=O)O)C=CCCC1(OC)C(=O)O. The monoisotopic (exact) mass is 284 g/mol. The molecule has 2 atom stereocenters. The number of hydrogen-bond acceptors (Lipinski definition) is 3. The highest BCUT2D eigenvalue weighted by molar-refractivity contribution is 5.91. The van der Waals surface area contributed by atoms with Gasteiger partial charge in [-0.25, -0.2) is 4.79 Å². The number of hydrogen-bond donors (Lipinski definition) is 2. The average Bonchev–Trinajstić information content (AvgIpc) is 2.40. The maximum Gasteiger partial charge on any atom is 0.337 e. The molecular formula is C15H24O5. The highest BCUT2D eigenvalue weighted by Crippen LogP contribution is 2.46. The normalized spacial score (nSPS) is 28.1. The van der Waals surface area contributed by atoms with Crippen LogP contribution in [0.25, 0.3) is 0 Å². The summed E-state index contributed by atoms with van der Waals surface area (Å²) in [5, 5.41) is 18.8. The number of aliphatic carboxylic acids is 2. The quantitative estimate of drug-likeness (QED) is 0.758. The van der Waals surface area contributed by atoms with Crippen LogP contribution in [0, 0.1) is 5.41 Å². The molecule has 114 valence electrons. The maximum atomic E-state index is 11.6. The molecule has 0 fully saturated rings. The molecule has 0 bridgehead atoms. The van der Waals surface area contributed by atoms with Crippen LogP contribution in [0.1, 0.15) is 39.5 Å². The van der Waals surface area contributed by atoms with Crippen molar-refractivity contribution in [1.82, 2.24) is 0 Å². The number of rotatable bonds is 5. The van der Waals surface area contributed by atoms with Gasteiger partial charge in [-0.1, -0.05) is 31.6 Å². The molecule has 5 nitrogen and oxygen atoms in total. The molecule has 20 heavy (non-hydrogen) atoms. The molecule has 0 aliphatic heterocycles. The van der Waals surface area contributed by atoms with Crippen LogP contribution < -0.4 is 0 Å². The van der Waals surface area contributed by atoms with Gasteiger partial charge in [0.1, 0.15) is 5.41 Å². The van der Waals surface area contributed by atoms with Crippen molar-refractivity contribution in [2.75, 3.05) is 7.11 Å². The molecule has 0 radical (unpaired) electrons. The third-order valence-corrected chi connectivity index (χ3v) is 3.51. The van der Waals surface area contributed by atoms with Crippen molar-refractivity contribution in [2.24, 2.45) is 5.41 Å². The van der Waals surface area contributed by atoms with E-state index in [9.17, 15) is 19.8 Å². The lowest BCUT2D eigenvalue weighted by Crippen LogP contribution is -2.59. The van der Waals surface area contributed by atoms with Crippen LogP contribution in [-0.4, -0.2) is 34.9 Å². The number of allylic oxidation sites excluding steroid dienone is 2. The lowest BCUT2D eigenvalue weighted by atomic mass is 9.64. The van der Waals surface area contributed by atoms with E-state index in [-0.39, 0.29) is 12.8 Å². The minimum atomic E-state index is -1.66. The lowest BCUT2D eigenvalue weighted by molar-refractivity contribution is -0.192. The topological polar surface area (TPSA) is 83.8 Å². The zero-order chi connectivity index (χ0) is 15.8. The molecule has 0 aromatic rings. The van der Waals surface area contributed by atoms with Crippen LogP contribution in [0.4, 0.5) is 0 Å². The second-order valence-corrected chi connectivity index (χ2v) is 4.71. The summed E-state index contributed by atoms with van der Waals surface area (Å²) in [6, 6.07) is 0. The van der Waals surface area contributed by atoms with Gasteiger partial charge in [0.15, 0.2) is 5.60 Å². The minimum absolute atomic E-state index is 0.182. The highest BCUT2D eigenvalue weighted by Gasteiger charge is 2.61. The number of carboxylic acid groups (broad SMARTS) is 2. The van der Waals surface area contributed by atoms with Crippen LogP contribution >= 0.6 is 0 Å². The molecular weight excluding hydrogens is 260 g/mol. The van der Waals surface area contributed by atoms with E-state index in [1.54, 1.807) is 12.2 Å². The van der Waals surface area contributed by atoms with Crippen molar-refractivity contribution >= 4 is 11.9 Å². The van der Waals surface area contributed by atoms with Gasteiger partial charge in [-0.2, -0.15) is 0 Å². The molecule has 0 spiro atoms. The molecule has 0 aromatic carbocycles. The average molecular weight is 284 g/mol. The van der Waals surface area contributed by atoms with Crippen molar-refractivity contribution in [2.45, 2.75) is 45.1 Å². The Balaban J connectivity index is 0.00000110. The van der Waals surface area contributed by atoms with Gasteiger partial charge in [-0.3, -0.25) is 4.79 Å². The van der Waals surface area contributed by atoms with Crippen molar-refractivity contribution in [3.63, 3.8) is 0 Å². The van der Waals surface area contributed by atoms with E-state index in [0.717, 1.165) is 0 Å². The van der Waals surface area contributed by atoms with Crippen molar-refractivity contribution < 1.29 is 24.5 Å². The first kappa shape index (κ1) is 18.4. The van der Waals surface area contributed by atoms with Crippen molar-refractivity contribution in [3.8, 4) is 0 Å². The van der Waals surface area contributed by atoms with E-state index in [2.05, 4.69) is 6.58 Å². The second-order valence-electron chi connectivity index (χ2n) is 4.71. The zero-order valence-electron chi connectivity index (χ0n) is 12.4. The number of methoxy groups -OCH3 is 1. The molecule has 1 rings (SSSR count). The van der Waals surface area contributed by atoms with Gasteiger partial charge >= 0.3 is 11.9 Å². The molecule has 5 heteroatoms. The fraction of sp³-hybridized carbons (Fsp3) is 0.600. The molecule has 0 saturated carbocycles. The van der Waals surface area contributed by atoms with Gasteiger partial charge in [0.05, 0.1) is 0 Å². The lowest BCUT2D eigenvalue weighted by Gasteiger charge is -2.44. The summed E-state index contributed by atoms with van der Waals surface area (Å²) in [7, 11) is 1.26. The molecule has 1 aliphatic rings. The smallest absolute Gasteiger partial charge is 0.337 e. The van der Waals surface area contributed by atoms with Crippen molar-refractivity contribution in [3.05, 3.63) is 24.8 Å². The summed E-state index contributed by atoms with van der Waals surface area (Å²) in [6.07, 6.45) is 6.48. The van der Waals surface area contributed by atoms with E-state index in [0.29, 0.717) is 12.8 Å². The Morgan fingerprint density at radius 3 is 2.30 bits per heavy atom. The van der Waals surface area contributed by atoms with Gasteiger partial charge in [0.2, 0.25) is 0 Å². The first-order chi connectivity index (χ1) is 9.38. The second kappa shape index (κ2) is 7.85. The molecule has 2 unspecified atom stereocenters. The van der Waals surface area contributed by atoms with Crippen LogP contribution in [0.2, 0.25) is 0 Å². The Hall–Kier alpha value is -1.62. The molecule has 2 N–H and O–H groups in total. The fourth-order valence-corrected chi connectivity index (χ4v) is 2.63.